The second-order valence-corrected chi connectivity index (χ2v) is 2.79. The van der Waals surface area contributed by atoms with Gasteiger partial charge in [-0.25, -0.2) is 0 Å². The Morgan fingerprint density at radius 1 is 1.30 bits per heavy atom. The fraction of sp³-hybridized carbons (Fsp3) is 0.700. The number of unbranched alkanes of at least 4 members (excludes halogenated alkanes) is 3. The van der Waals surface area contributed by atoms with Gasteiger partial charge in [-0.05, 0) is 6.42 Å². The molecule has 0 unspecified atom stereocenters. The molecule has 0 heterocycles. The molecule has 0 aliphatic carbocycles. The van der Waals surface area contributed by atoms with Crippen LogP contribution in [0.4, 0.5) is 0 Å². The van der Waals surface area contributed by atoms with Crippen LogP contribution in [0.25, 0.3) is 0 Å². The van der Waals surface area contributed by atoms with Crippen LogP contribution in [-0.2, 0) is 0 Å². The van der Waals surface area contributed by atoms with Crippen LogP contribution in [0, 0.1) is 24.7 Å². The molecule has 0 N–H and O–H groups in total. The van der Waals surface area contributed by atoms with E-state index in [1.807, 2.05) is 0 Å². The lowest BCUT2D eigenvalue weighted by Gasteiger charge is -1.89. The summed E-state index contributed by atoms with van der Waals surface area (Å²) >= 11 is 0. The first-order valence-corrected chi connectivity index (χ1v) is 4.05. The maximum absolute atomic E-state index is 3.77. The third kappa shape index (κ3) is 7.56. The first kappa shape index (κ1) is 9.56. The van der Waals surface area contributed by atoms with Crippen molar-refractivity contribution in [1.29, 1.82) is 0 Å². The standard InChI is InChI=1S/C10H17/c1-4-5-6-7-8-9-10(2)3/h10H,1,4-7H2,2-3H3. The van der Waals surface area contributed by atoms with Crippen molar-refractivity contribution in [3.05, 3.63) is 6.92 Å². The van der Waals surface area contributed by atoms with E-state index in [1.54, 1.807) is 0 Å². The summed E-state index contributed by atoms with van der Waals surface area (Å²) < 4.78 is 0. The highest BCUT2D eigenvalue weighted by Gasteiger charge is 1.82. The summed E-state index contributed by atoms with van der Waals surface area (Å²) in [7, 11) is 0. The second kappa shape index (κ2) is 6.68. The van der Waals surface area contributed by atoms with E-state index in [0.29, 0.717) is 5.92 Å². The molecule has 0 aromatic carbocycles. The van der Waals surface area contributed by atoms with Gasteiger partial charge in [-0.1, -0.05) is 33.6 Å². The number of hydrogen-bond acceptors (Lipinski definition) is 0. The van der Waals surface area contributed by atoms with Gasteiger partial charge in [0.15, 0.2) is 0 Å². The molecule has 0 aromatic rings. The minimum absolute atomic E-state index is 0.528. The Labute approximate surface area is 65.0 Å². The van der Waals surface area contributed by atoms with Crippen LogP contribution in [0.15, 0.2) is 0 Å². The van der Waals surface area contributed by atoms with Crippen LogP contribution in [0.3, 0.4) is 0 Å². The summed E-state index contributed by atoms with van der Waals surface area (Å²) in [5, 5.41) is 0. The Balaban J connectivity index is 3.12. The van der Waals surface area contributed by atoms with E-state index in [0.717, 1.165) is 12.8 Å². The quantitative estimate of drug-likeness (QED) is 0.414. The third-order valence-corrected chi connectivity index (χ3v) is 1.19. The van der Waals surface area contributed by atoms with E-state index >= 15 is 0 Å². The molecule has 0 bridgehead atoms. The first-order chi connectivity index (χ1) is 4.77. The Bertz CT molecular complexity index is 112. The number of hydrogen-bond donors (Lipinski definition) is 0. The van der Waals surface area contributed by atoms with Crippen molar-refractivity contribution < 1.29 is 0 Å². The highest BCUT2D eigenvalue weighted by Crippen LogP contribution is 1.97. The molecule has 57 valence electrons. The summed E-state index contributed by atoms with van der Waals surface area (Å²) in [4.78, 5) is 0. The maximum atomic E-state index is 3.77. The predicted molar refractivity (Wildman–Crippen MR) is 46.4 cm³/mol. The SMILES string of the molecule is [CH2]CCCCC#CC(C)C. The van der Waals surface area contributed by atoms with E-state index in [9.17, 15) is 0 Å². The van der Waals surface area contributed by atoms with E-state index < -0.39 is 0 Å². The maximum Gasteiger partial charge on any atom is 0.0146 e. The fourth-order valence-corrected chi connectivity index (χ4v) is 0.666. The van der Waals surface area contributed by atoms with Gasteiger partial charge in [0.1, 0.15) is 0 Å². The van der Waals surface area contributed by atoms with E-state index in [4.69, 9.17) is 0 Å². The van der Waals surface area contributed by atoms with Crippen molar-refractivity contribution in [3.63, 3.8) is 0 Å². The molecular weight excluding hydrogens is 120 g/mol. The van der Waals surface area contributed by atoms with Gasteiger partial charge in [-0.3, -0.25) is 0 Å². The van der Waals surface area contributed by atoms with Crippen LogP contribution < -0.4 is 0 Å². The molecule has 0 aromatic heterocycles. The molecule has 0 aliphatic heterocycles. The minimum Gasteiger partial charge on any atom is -0.103 e. The van der Waals surface area contributed by atoms with E-state index in [2.05, 4.69) is 32.6 Å². The van der Waals surface area contributed by atoms with Gasteiger partial charge < -0.3 is 0 Å². The van der Waals surface area contributed by atoms with Crippen LogP contribution in [-0.4, -0.2) is 0 Å². The molecule has 0 atom stereocenters. The van der Waals surface area contributed by atoms with Gasteiger partial charge in [-0.2, -0.15) is 0 Å². The normalized spacial score (nSPS) is 9.20. The van der Waals surface area contributed by atoms with Gasteiger partial charge >= 0.3 is 0 Å². The molecule has 0 saturated carbocycles. The molecule has 0 rings (SSSR count). The molecule has 0 spiro atoms. The van der Waals surface area contributed by atoms with Crippen molar-refractivity contribution in [2.45, 2.75) is 39.5 Å². The summed E-state index contributed by atoms with van der Waals surface area (Å²) in [5.41, 5.74) is 0. The fourth-order valence-electron chi connectivity index (χ4n) is 0.666. The predicted octanol–water partition coefficient (Wildman–Crippen LogP) is 3.04. The van der Waals surface area contributed by atoms with Gasteiger partial charge in [-0.15, -0.1) is 11.8 Å². The van der Waals surface area contributed by atoms with Gasteiger partial charge in [0.2, 0.25) is 0 Å². The second-order valence-electron chi connectivity index (χ2n) is 2.79. The molecule has 0 saturated heterocycles. The van der Waals surface area contributed by atoms with E-state index in [1.165, 1.54) is 12.8 Å². The lowest BCUT2D eigenvalue weighted by molar-refractivity contribution is 0.767. The van der Waals surface area contributed by atoms with Crippen molar-refractivity contribution in [3.8, 4) is 11.8 Å². The highest BCUT2D eigenvalue weighted by molar-refractivity contribution is 5.00. The van der Waals surface area contributed by atoms with Gasteiger partial charge in [0.25, 0.3) is 0 Å². The lowest BCUT2D eigenvalue weighted by Crippen LogP contribution is -1.78. The zero-order valence-corrected chi connectivity index (χ0v) is 7.11. The van der Waals surface area contributed by atoms with Crippen LogP contribution in [0.1, 0.15) is 39.5 Å². The zero-order valence-electron chi connectivity index (χ0n) is 7.11. The lowest BCUT2D eigenvalue weighted by atomic mass is 10.2. The Morgan fingerprint density at radius 2 is 2.00 bits per heavy atom. The average Bonchev–Trinajstić information content (AvgIpc) is 1.87. The third-order valence-electron chi connectivity index (χ3n) is 1.19. The monoisotopic (exact) mass is 137 g/mol. The largest absolute Gasteiger partial charge is 0.103 e. The highest BCUT2D eigenvalue weighted by atomic mass is 13.9. The summed E-state index contributed by atoms with van der Waals surface area (Å²) in [6.07, 6.45) is 4.52. The minimum atomic E-state index is 0.528. The molecule has 0 aliphatic rings. The smallest absolute Gasteiger partial charge is 0.0146 e. The van der Waals surface area contributed by atoms with Gasteiger partial charge in [0, 0.05) is 12.3 Å². The number of rotatable bonds is 3. The Kier molecular flexibility index (Phi) is 6.38. The molecule has 0 heteroatoms. The molecule has 1 radical (unpaired) electrons. The van der Waals surface area contributed by atoms with Crippen LogP contribution in [0.2, 0.25) is 0 Å². The molecule has 0 amide bonds. The summed E-state index contributed by atoms with van der Waals surface area (Å²) in [6.45, 7) is 8.01. The molecular formula is C10H17. The van der Waals surface area contributed by atoms with Crippen LogP contribution in [0.5, 0.6) is 0 Å². The topological polar surface area (TPSA) is 0 Å². The molecule has 0 fully saturated rings. The zero-order chi connectivity index (χ0) is 7.82. The first-order valence-electron chi connectivity index (χ1n) is 4.05. The molecule has 10 heavy (non-hydrogen) atoms. The van der Waals surface area contributed by atoms with Crippen molar-refractivity contribution in [2.24, 2.45) is 5.92 Å². The molecule has 0 nitrogen and oxygen atoms in total. The Morgan fingerprint density at radius 3 is 2.50 bits per heavy atom. The summed E-state index contributed by atoms with van der Waals surface area (Å²) in [6, 6.07) is 0. The van der Waals surface area contributed by atoms with Crippen molar-refractivity contribution >= 4 is 0 Å². The Hall–Kier alpha value is -0.440. The summed E-state index contributed by atoms with van der Waals surface area (Å²) in [5.74, 6) is 6.80. The van der Waals surface area contributed by atoms with Gasteiger partial charge in [0.05, 0.1) is 0 Å². The van der Waals surface area contributed by atoms with Crippen molar-refractivity contribution in [2.75, 3.05) is 0 Å². The average molecular weight is 137 g/mol. The van der Waals surface area contributed by atoms with Crippen molar-refractivity contribution in [1.82, 2.24) is 0 Å². The van der Waals surface area contributed by atoms with Crippen LogP contribution >= 0.6 is 0 Å². The van der Waals surface area contributed by atoms with E-state index in [-0.39, 0.29) is 0 Å².